The van der Waals surface area contributed by atoms with E-state index in [1.54, 1.807) is 24.3 Å². The van der Waals surface area contributed by atoms with Gasteiger partial charge >= 0.3 is 5.97 Å². The van der Waals surface area contributed by atoms with Gasteiger partial charge in [0, 0.05) is 10.6 Å². The third-order valence-corrected chi connectivity index (χ3v) is 3.32. The van der Waals surface area contributed by atoms with Crippen molar-refractivity contribution in [2.75, 3.05) is 0 Å². The van der Waals surface area contributed by atoms with Crippen LogP contribution in [0.5, 0.6) is 0 Å². The molecular weight excluding hydrogens is 252 g/mol. The Bertz CT molecular complexity index is 433. The molecule has 0 unspecified atom stereocenters. The SMILES string of the molecule is O=C(CC(=O)c1ccc(Cl)cc1)OC1CCCC1. The minimum Gasteiger partial charge on any atom is -0.462 e. The summed E-state index contributed by atoms with van der Waals surface area (Å²) in [7, 11) is 0. The summed E-state index contributed by atoms with van der Waals surface area (Å²) in [6, 6.07) is 6.51. The van der Waals surface area contributed by atoms with Gasteiger partial charge in [0.1, 0.15) is 12.5 Å². The Kier molecular flexibility index (Phi) is 4.37. The second kappa shape index (κ2) is 6.01. The zero-order chi connectivity index (χ0) is 13.0. The standard InChI is InChI=1S/C14H15ClO3/c15-11-7-5-10(6-8-11)13(16)9-14(17)18-12-3-1-2-4-12/h5-8,12H,1-4,9H2. The fourth-order valence-electron chi connectivity index (χ4n) is 2.10. The van der Waals surface area contributed by atoms with Gasteiger partial charge in [-0.25, -0.2) is 0 Å². The Labute approximate surface area is 111 Å². The summed E-state index contributed by atoms with van der Waals surface area (Å²) in [5.74, 6) is -0.656. The van der Waals surface area contributed by atoms with Crippen molar-refractivity contribution >= 4 is 23.4 Å². The van der Waals surface area contributed by atoms with Crippen molar-refractivity contribution in [1.29, 1.82) is 0 Å². The fourth-order valence-corrected chi connectivity index (χ4v) is 2.23. The summed E-state index contributed by atoms with van der Waals surface area (Å²) in [6.45, 7) is 0. The monoisotopic (exact) mass is 266 g/mol. The molecule has 0 N–H and O–H groups in total. The van der Waals surface area contributed by atoms with Crippen molar-refractivity contribution in [3.05, 3.63) is 34.9 Å². The first-order valence-electron chi connectivity index (χ1n) is 6.13. The van der Waals surface area contributed by atoms with Crippen molar-refractivity contribution in [2.45, 2.75) is 38.2 Å². The van der Waals surface area contributed by atoms with Crippen LogP contribution in [-0.2, 0) is 9.53 Å². The summed E-state index contributed by atoms with van der Waals surface area (Å²) in [6.07, 6.45) is 3.85. The van der Waals surface area contributed by atoms with Crippen LogP contribution in [0.4, 0.5) is 0 Å². The van der Waals surface area contributed by atoms with Crippen LogP contribution < -0.4 is 0 Å². The Morgan fingerprint density at radius 2 is 1.78 bits per heavy atom. The highest BCUT2D eigenvalue weighted by Gasteiger charge is 2.21. The Morgan fingerprint density at radius 1 is 1.17 bits per heavy atom. The number of carbonyl (C=O) groups is 2. The van der Waals surface area contributed by atoms with Gasteiger partial charge in [0.05, 0.1) is 0 Å². The lowest BCUT2D eigenvalue weighted by atomic mass is 10.1. The third kappa shape index (κ3) is 3.57. The van der Waals surface area contributed by atoms with Crippen molar-refractivity contribution in [3.8, 4) is 0 Å². The molecule has 0 amide bonds. The van der Waals surface area contributed by atoms with Crippen molar-refractivity contribution in [1.82, 2.24) is 0 Å². The van der Waals surface area contributed by atoms with Gasteiger partial charge in [-0.1, -0.05) is 11.6 Å². The van der Waals surface area contributed by atoms with Crippen molar-refractivity contribution < 1.29 is 14.3 Å². The van der Waals surface area contributed by atoms with Crippen LogP contribution in [0.1, 0.15) is 42.5 Å². The normalized spacial score (nSPS) is 15.6. The number of hydrogen-bond donors (Lipinski definition) is 0. The largest absolute Gasteiger partial charge is 0.462 e. The van der Waals surface area contributed by atoms with Gasteiger partial charge in [-0.3, -0.25) is 9.59 Å². The summed E-state index contributed by atoms with van der Waals surface area (Å²) < 4.78 is 5.24. The Morgan fingerprint density at radius 3 is 2.39 bits per heavy atom. The molecular formula is C14H15ClO3. The minimum absolute atomic E-state index is 0.00974. The summed E-state index contributed by atoms with van der Waals surface area (Å²) >= 11 is 5.73. The number of esters is 1. The molecule has 0 saturated heterocycles. The summed E-state index contributed by atoms with van der Waals surface area (Å²) in [5.41, 5.74) is 0.489. The van der Waals surface area contributed by atoms with Crippen LogP contribution >= 0.6 is 11.6 Å². The van der Waals surface area contributed by atoms with Crippen LogP contribution in [0, 0.1) is 0 Å². The van der Waals surface area contributed by atoms with Gasteiger partial charge < -0.3 is 4.74 Å². The summed E-state index contributed by atoms with van der Waals surface area (Å²) in [5, 5.41) is 0.570. The van der Waals surface area contributed by atoms with E-state index in [1.165, 1.54) is 0 Å². The first-order chi connectivity index (χ1) is 8.65. The molecule has 4 heteroatoms. The molecule has 0 atom stereocenters. The highest BCUT2D eigenvalue weighted by Crippen LogP contribution is 2.21. The van der Waals surface area contributed by atoms with E-state index in [2.05, 4.69) is 0 Å². The van der Waals surface area contributed by atoms with E-state index in [4.69, 9.17) is 16.3 Å². The number of Topliss-reactive ketones (excluding diaryl/α,β-unsaturated/α-hetero) is 1. The average molecular weight is 267 g/mol. The lowest BCUT2D eigenvalue weighted by molar-refractivity contribution is -0.147. The molecule has 1 aliphatic carbocycles. The Hall–Kier alpha value is -1.35. The van der Waals surface area contributed by atoms with E-state index in [9.17, 15) is 9.59 Å². The van der Waals surface area contributed by atoms with Gasteiger partial charge in [0.15, 0.2) is 5.78 Å². The van der Waals surface area contributed by atoms with Crippen LogP contribution in [0.15, 0.2) is 24.3 Å². The molecule has 0 aliphatic heterocycles. The van der Waals surface area contributed by atoms with Crippen LogP contribution in [0.2, 0.25) is 5.02 Å². The maximum atomic E-state index is 11.8. The molecule has 1 fully saturated rings. The van der Waals surface area contributed by atoms with Crippen molar-refractivity contribution in [3.63, 3.8) is 0 Å². The molecule has 1 aromatic rings. The van der Waals surface area contributed by atoms with E-state index >= 15 is 0 Å². The minimum atomic E-state index is -0.429. The first-order valence-corrected chi connectivity index (χ1v) is 6.51. The van der Waals surface area contributed by atoms with Crippen LogP contribution in [0.25, 0.3) is 0 Å². The molecule has 18 heavy (non-hydrogen) atoms. The molecule has 2 rings (SSSR count). The van der Waals surface area contributed by atoms with E-state index in [-0.39, 0.29) is 18.3 Å². The molecule has 1 aromatic carbocycles. The number of hydrogen-bond acceptors (Lipinski definition) is 3. The maximum Gasteiger partial charge on any atom is 0.313 e. The third-order valence-electron chi connectivity index (χ3n) is 3.07. The summed E-state index contributed by atoms with van der Waals surface area (Å²) in [4.78, 5) is 23.4. The highest BCUT2D eigenvalue weighted by atomic mass is 35.5. The van der Waals surface area contributed by atoms with Gasteiger partial charge in [0.2, 0.25) is 0 Å². The topological polar surface area (TPSA) is 43.4 Å². The van der Waals surface area contributed by atoms with E-state index in [0.717, 1.165) is 25.7 Å². The molecule has 1 saturated carbocycles. The van der Waals surface area contributed by atoms with Gasteiger partial charge in [0.25, 0.3) is 0 Å². The second-order valence-corrected chi connectivity index (χ2v) is 4.94. The van der Waals surface area contributed by atoms with Gasteiger partial charge in [-0.05, 0) is 49.9 Å². The molecule has 0 spiro atoms. The molecule has 0 heterocycles. The number of benzene rings is 1. The number of ketones is 1. The maximum absolute atomic E-state index is 11.8. The highest BCUT2D eigenvalue weighted by molar-refractivity contribution is 6.30. The number of rotatable bonds is 4. The Balaban J connectivity index is 1.86. The lowest BCUT2D eigenvalue weighted by Crippen LogP contribution is -2.17. The zero-order valence-electron chi connectivity index (χ0n) is 10.0. The zero-order valence-corrected chi connectivity index (χ0v) is 10.8. The van der Waals surface area contributed by atoms with E-state index in [0.29, 0.717) is 10.6 Å². The van der Waals surface area contributed by atoms with E-state index < -0.39 is 5.97 Å². The molecule has 96 valence electrons. The van der Waals surface area contributed by atoms with Crippen molar-refractivity contribution in [2.24, 2.45) is 0 Å². The molecule has 3 nitrogen and oxygen atoms in total. The molecule has 0 aromatic heterocycles. The number of halogens is 1. The molecule has 1 aliphatic rings. The lowest BCUT2D eigenvalue weighted by Gasteiger charge is -2.10. The van der Waals surface area contributed by atoms with E-state index in [1.807, 2.05) is 0 Å². The first kappa shape index (κ1) is 13.1. The quantitative estimate of drug-likeness (QED) is 0.477. The predicted octanol–water partition coefficient (Wildman–Crippen LogP) is 3.40. The second-order valence-electron chi connectivity index (χ2n) is 4.50. The smallest absolute Gasteiger partial charge is 0.313 e. The fraction of sp³-hybridized carbons (Fsp3) is 0.429. The van der Waals surface area contributed by atoms with Crippen LogP contribution in [0.3, 0.4) is 0 Å². The molecule has 0 radical (unpaired) electrons. The number of carbonyl (C=O) groups excluding carboxylic acids is 2. The van der Waals surface area contributed by atoms with Crippen LogP contribution in [-0.4, -0.2) is 17.9 Å². The molecule has 0 bridgehead atoms. The average Bonchev–Trinajstić information content (AvgIpc) is 2.82. The predicted molar refractivity (Wildman–Crippen MR) is 68.7 cm³/mol. The van der Waals surface area contributed by atoms with Gasteiger partial charge in [-0.2, -0.15) is 0 Å². The van der Waals surface area contributed by atoms with Gasteiger partial charge in [-0.15, -0.1) is 0 Å². The number of ether oxygens (including phenoxy) is 1.